The van der Waals surface area contributed by atoms with E-state index in [0.717, 1.165) is 23.7 Å². The van der Waals surface area contributed by atoms with Crippen molar-refractivity contribution in [3.63, 3.8) is 0 Å². The van der Waals surface area contributed by atoms with Crippen molar-refractivity contribution in [2.75, 3.05) is 0 Å². The first-order chi connectivity index (χ1) is 6.49. The molecule has 2 fully saturated rings. The Bertz CT molecular complexity index is 263. The third kappa shape index (κ3) is 1.53. The summed E-state index contributed by atoms with van der Waals surface area (Å²) in [5, 5.41) is 0. The quantitative estimate of drug-likeness (QED) is 0.586. The van der Waals surface area contributed by atoms with E-state index < -0.39 is 0 Å². The van der Waals surface area contributed by atoms with Crippen LogP contribution in [0.2, 0.25) is 0 Å². The molecule has 2 aliphatic carbocycles. The Morgan fingerprint density at radius 1 is 1.43 bits per heavy atom. The first kappa shape index (κ1) is 10.3. The molecular formula is C14H24. The van der Waals surface area contributed by atoms with Crippen LogP contribution in [0, 0.1) is 29.1 Å². The predicted molar refractivity (Wildman–Crippen MR) is 62.1 cm³/mol. The average Bonchev–Trinajstić information content (AvgIpc) is 2.91. The lowest BCUT2D eigenvalue weighted by Gasteiger charge is -2.06. The molecule has 0 radical (unpaired) electrons. The fraction of sp³-hybridized carbons (Fsp3) is 0.857. The Kier molecular flexibility index (Phi) is 2.28. The molecule has 0 aromatic heterocycles. The minimum Gasteiger partial charge on any atom is -0.0791 e. The van der Waals surface area contributed by atoms with Crippen LogP contribution in [0.15, 0.2) is 11.6 Å². The highest BCUT2D eigenvalue weighted by Gasteiger charge is 2.49. The maximum absolute atomic E-state index is 2.58. The van der Waals surface area contributed by atoms with E-state index in [2.05, 4.69) is 40.7 Å². The predicted octanol–water partition coefficient (Wildman–Crippen LogP) is 4.27. The molecule has 0 nitrogen and oxygen atoms in total. The van der Waals surface area contributed by atoms with Crippen molar-refractivity contribution in [1.29, 1.82) is 0 Å². The molecule has 0 N–H and O–H groups in total. The van der Waals surface area contributed by atoms with Gasteiger partial charge in [-0.3, -0.25) is 0 Å². The summed E-state index contributed by atoms with van der Waals surface area (Å²) in [6.45, 7) is 11.9. The Labute approximate surface area is 88.8 Å². The van der Waals surface area contributed by atoms with E-state index in [1.54, 1.807) is 5.57 Å². The Morgan fingerprint density at radius 3 is 2.36 bits per heavy atom. The largest absolute Gasteiger partial charge is 0.0791 e. The zero-order chi connectivity index (χ0) is 10.5. The summed E-state index contributed by atoms with van der Waals surface area (Å²) in [6.07, 6.45) is 5.35. The van der Waals surface area contributed by atoms with Crippen LogP contribution < -0.4 is 0 Å². The maximum atomic E-state index is 2.58. The summed E-state index contributed by atoms with van der Waals surface area (Å²) in [5.74, 6) is 3.79. The van der Waals surface area contributed by atoms with E-state index >= 15 is 0 Å². The lowest BCUT2D eigenvalue weighted by molar-refractivity contribution is 0.645. The van der Waals surface area contributed by atoms with Crippen molar-refractivity contribution in [2.24, 2.45) is 29.1 Å². The highest BCUT2D eigenvalue weighted by molar-refractivity contribution is 5.23. The van der Waals surface area contributed by atoms with Crippen LogP contribution >= 0.6 is 0 Å². The Hall–Kier alpha value is -0.260. The molecule has 0 heterocycles. The van der Waals surface area contributed by atoms with Crippen molar-refractivity contribution in [2.45, 2.75) is 47.5 Å². The topological polar surface area (TPSA) is 0 Å². The maximum Gasteiger partial charge on any atom is -0.0115 e. The van der Waals surface area contributed by atoms with Crippen LogP contribution in [0.25, 0.3) is 0 Å². The summed E-state index contributed by atoms with van der Waals surface area (Å²) in [4.78, 5) is 0. The van der Waals surface area contributed by atoms with Crippen molar-refractivity contribution in [1.82, 2.24) is 0 Å². The van der Waals surface area contributed by atoms with Gasteiger partial charge in [-0.25, -0.2) is 0 Å². The van der Waals surface area contributed by atoms with Crippen LogP contribution in [0.4, 0.5) is 0 Å². The molecule has 0 spiro atoms. The van der Waals surface area contributed by atoms with E-state index in [4.69, 9.17) is 0 Å². The normalized spacial score (nSPS) is 51.9. The number of hydrogen-bond acceptors (Lipinski definition) is 0. The standard InChI is InChI=1S/C14H24/c1-6-12-11(4)13(12)9(2)7-14(5)8-10(14)3/h7,10-13H,6,8H2,1-5H3. The van der Waals surface area contributed by atoms with Gasteiger partial charge in [0.25, 0.3) is 0 Å². The Balaban J connectivity index is 2.00. The van der Waals surface area contributed by atoms with Gasteiger partial charge in [0.05, 0.1) is 0 Å². The van der Waals surface area contributed by atoms with E-state index in [9.17, 15) is 0 Å². The molecule has 0 aromatic carbocycles. The molecule has 80 valence electrons. The summed E-state index contributed by atoms with van der Waals surface area (Å²) in [6, 6.07) is 0. The van der Waals surface area contributed by atoms with Gasteiger partial charge in [0.1, 0.15) is 0 Å². The molecule has 0 saturated heterocycles. The van der Waals surface area contributed by atoms with Crippen LogP contribution in [-0.4, -0.2) is 0 Å². The van der Waals surface area contributed by atoms with Crippen molar-refractivity contribution >= 4 is 0 Å². The molecule has 0 bridgehead atoms. The van der Waals surface area contributed by atoms with Crippen molar-refractivity contribution in [3.8, 4) is 0 Å². The molecular weight excluding hydrogens is 168 g/mol. The summed E-state index contributed by atoms with van der Waals surface area (Å²) in [7, 11) is 0. The van der Waals surface area contributed by atoms with Crippen LogP contribution in [0.5, 0.6) is 0 Å². The molecule has 0 aromatic rings. The van der Waals surface area contributed by atoms with Gasteiger partial charge in [-0.2, -0.15) is 0 Å². The molecule has 5 unspecified atom stereocenters. The third-order valence-electron chi connectivity index (χ3n) is 4.83. The fourth-order valence-corrected chi connectivity index (χ4v) is 3.34. The fourth-order valence-electron chi connectivity index (χ4n) is 3.34. The lowest BCUT2D eigenvalue weighted by Crippen LogP contribution is -1.94. The van der Waals surface area contributed by atoms with E-state index in [-0.39, 0.29) is 0 Å². The van der Waals surface area contributed by atoms with Gasteiger partial charge < -0.3 is 0 Å². The smallest absolute Gasteiger partial charge is 0.0115 e. The SMILES string of the molecule is CCC1C(C)C1C(C)=CC1(C)CC1C. The summed E-state index contributed by atoms with van der Waals surface area (Å²) in [5.41, 5.74) is 2.24. The molecule has 14 heavy (non-hydrogen) atoms. The molecule has 0 amide bonds. The highest BCUT2D eigenvalue weighted by atomic mass is 14.5. The minimum absolute atomic E-state index is 0.560. The van der Waals surface area contributed by atoms with E-state index in [0.29, 0.717) is 5.41 Å². The zero-order valence-corrected chi connectivity index (χ0v) is 10.3. The van der Waals surface area contributed by atoms with E-state index in [1.807, 2.05) is 0 Å². The number of rotatable bonds is 3. The van der Waals surface area contributed by atoms with Crippen LogP contribution in [-0.2, 0) is 0 Å². The molecule has 2 saturated carbocycles. The van der Waals surface area contributed by atoms with Gasteiger partial charge in [-0.1, -0.05) is 45.8 Å². The number of allylic oxidation sites excluding steroid dienone is 2. The van der Waals surface area contributed by atoms with Crippen LogP contribution in [0.1, 0.15) is 47.5 Å². The van der Waals surface area contributed by atoms with Gasteiger partial charge in [0.2, 0.25) is 0 Å². The van der Waals surface area contributed by atoms with Gasteiger partial charge in [0.15, 0.2) is 0 Å². The second kappa shape index (κ2) is 3.12. The molecule has 0 heteroatoms. The van der Waals surface area contributed by atoms with E-state index in [1.165, 1.54) is 12.8 Å². The molecule has 5 atom stereocenters. The highest BCUT2D eigenvalue weighted by Crippen LogP contribution is 2.57. The van der Waals surface area contributed by atoms with Gasteiger partial charge in [-0.05, 0) is 42.4 Å². The molecule has 2 aliphatic rings. The van der Waals surface area contributed by atoms with Crippen molar-refractivity contribution < 1.29 is 0 Å². The lowest BCUT2D eigenvalue weighted by atomic mass is 9.99. The first-order valence-corrected chi connectivity index (χ1v) is 6.19. The molecule has 0 aliphatic heterocycles. The minimum atomic E-state index is 0.560. The average molecular weight is 192 g/mol. The Morgan fingerprint density at radius 2 is 2.00 bits per heavy atom. The van der Waals surface area contributed by atoms with Crippen LogP contribution in [0.3, 0.4) is 0 Å². The number of hydrogen-bond donors (Lipinski definition) is 0. The summed E-state index contributed by atoms with van der Waals surface area (Å²) < 4.78 is 0. The summed E-state index contributed by atoms with van der Waals surface area (Å²) >= 11 is 0. The van der Waals surface area contributed by atoms with Gasteiger partial charge >= 0.3 is 0 Å². The second-order valence-electron chi connectivity index (χ2n) is 5.96. The van der Waals surface area contributed by atoms with Gasteiger partial charge in [-0.15, -0.1) is 0 Å². The zero-order valence-electron chi connectivity index (χ0n) is 10.3. The van der Waals surface area contributed by atoms with Gasteiger partial charge in [0, 0.05) is 0 Å². The third-order valence-corrected chi connectivity index (χ3v) is 4.83. The first-order valence-electron chi connectivity index (χ1n) is 6.19. The second-order valence-corrected chi connectivity index (χ2v) is 5.96. The monoisotopic (exact) mass is 192 g/mol. The molecule has 2 rings (SSSR count). The van der Waals surface area contributed by atoms with Crippen molar-refractivity contribution in [3.05, 3.63) is 11.6 Å².